The number of anilines is 1. The molecule has 1 aromatic carbocycles. The summed E-state index contributed by atoms with van der Waals surface area (Å²) in [6, 6.07) is 8.35. The van der Waals surface area contributed by atoms with Gasteiger partial charge in [-0.1, -0.05) is 6.07 Å². The summed E-state index contributed by atoms with van der Waals surface area (Å²) in [6.07, 6.45) is 4.27. The van der Waals surface area contributed by atoms with Gasteiger partial charge < -0.3 is 19.9 Å². The van der Waals surface area contributed by atoms with Crippen molar-refractivity contribution in [3.05, 3.63) is 52.6 Å². The molecule has 0 aliphatic carbocycles. The van der Waals surface area contributed by atoms with Gasteiger partial charge in [0.1, 0.15) is 5.84 Å². The topological polar surface area (TPSA) is 94.4 Å². The lowest BCUT2D eigenvalue weighted by atomic mass is 9.96. The first-order valence-electron chi connectivity index (χ1n) is 11.3. The maximum absolute atomic E-state index is 12.1. The van der Waals surface area contributed by atoms with Gasteiger partial charge in [0, 0.05) is 55.2 Å². The summed E-state index contributed by atoms with van der Waals surface area (Å²) in [6.45, 7) is 4.85. The standard InChI is InChI=1S/C24H27ClN6O2/c1-15(32)30-10-7-21(28-18-13-33-14-18)19(12-30)23(26)31-9-2-3-17-11-16(4-5-22(17)31)20-6-8-27-24(25)29-20/h4-6,8,11,18,26,28H,2-3,7,9-10,12-14H2,1H3. The summed E-state index contributed by atoms with van der Waals surface area (Å²) in [7, 11) is 0. The SMILES string of the molecule is CC(=O)N1CCC(NC2COC2)=C(C(=N)N2CCCc3cc(-c4ccnc(Cl)n4)ccc32)C1. The fraction of sp³-hybridized carbons (Fsp3) is 0.417. The van der Waals surface area contributed by atoms with Crippen LogP contribution in [0.1, 0.15) is 25.3 Å². The maximum Gasteiger partial charge on any atom is 0.222 e. The van der Waals surface area contributed by atoms with Crippen LogP contribution in [0.3, 0.4) is 0 Å². The molecule has 0 atom stereocenters. The molecule has 4 heterocycles. The van der Waals surface area contributed by atoms with Gasteiger partial charge in [-0.05, 0) is 48.2 Å². The van der Waals surface area contributed by atoms with Crippen molar-refractivity contribution >= 4 is 29.0 Å². The number of fused-ring (bicyclic) bond motifs is 1. The van der Waals surface area contributed by atoms with Gasteiger partial charge in [-0.15, -0.1) is 0 Å². The summed E-state index contributed by atoms with van der Waals surface area (Å²) < 4.78 is 5.32. The Morgan fingerprint density at radius 3 is 2.82 bits per heavy atom. The number of hydrogen-bond donors (Lipinski definition) is 2. The minimum atomic E-state index is 0.0403. The molecule has 0 radical (unpaired) electrons. The third-order valence-electron chi connectivity index (χ3n) is 6.48. The Labute approximate surface area is 198 Å². The average molecular weight is 467 g/mol. The third kappa shape index (κ3) is 4.45. The van der Waals surface area contributed by atoms with Crippen molar-refractivity contribution in [1.29, 1.82) is 5.41 Å². The van der Waals surface area contributed by atoms with E-state index >= 15 is 0 Å². The van der Waals surface area contributed by atoms with E-state index in [1.54, 1.807) is 13.1 Å². The Morgan fingerprint density at radius 2 is 2.09 bits per heavy atom. The molecule has 0 spiro atoms. The first-order chi connectivity index (χ1) is 16.0. The number of aryl methyl sites for hydroxylation is 1. The first kappa shape index (κ1) is 21.9. The predicted molar refractivity (Wildman–Crippen MR) is 128 cm³/mol. The van der Waals surface area contributed by atoms with E-state index in [4.69, 9.17) is 21.7 Å². The number of amidine groups is 1. The number of nitrogens with zero attached hydrogens (tertiary/aromatic N) is 4. The van der Waals surface area contributed by atoms with Gasteiger partial charge in [0.05, 0.1) is 31.5 Å². The number of halogens is 1. The molecule has 9 heteroatoms. The highest BCUT2D eigenvalue weighted by molar-refractivity contribution is 6.28. The quantitative estimate of drug-likeness (QED) is 0.408. The van der Waals surface area contributed by atoms with E-state index in [0.29, 0.717) is 32.1 Å². The predicted octanol–water partition coefficient (Wildman–Crippen LogP) is 3.02. The number of rotatable bonds is 4. The average Bonchev–Trinajstić information content (AvgIpc) is 2.80. The lowest BCUT2D eigenvalue weighted by Gasteiger charge is -2.38. The van der Waals surface area contributed by atoms with Crippen LogP contribution in [0.4, 0.5) is 5.69 Å². The molecule has 1 aromatic heterocycles. The van der Waals surface area contributed by atoms with Gasteiger partial charge in [-0.2, -0.15) is 0 Å². The van der Waals surface area contributed by atoms with Gasteiger partial charge in [-0.3, -0.25) is 10.2 Å². The number of carbonyl (C=O) groups excluding carboxylic acids is 1. The highest BCUT2D eigenvalue weighted by atomic mass is 35.5. The van der Waals surface area contributed by atoms with Crippen molar-refractivity contribution in [1.82, 2.24) is 20.2 Å². The smallest absolute Gasteiger partial charge is 0.222 e. The van der Waals surface area contributed by atoms with Crippen LogP contribution < -0.4 is 10.2 Å². The Kier molecular flexibility index (Phi) is 6.03. The van der Waals surface area contributed by atoms with E-state index in [-0.39, 0.29) is 17.2 Å². The van der Waals surface area contributed by atoms with Crippen molar-refractivity contribution in [2.24, 2.45) is 0 Å². The number of ether oxygens (including phenoxy) is 1. The molecule has 3 aliphatic rings. The third-order valence-corrected chi connectivity index (χ3v) is 6.66. The largest absolute Gasteiger partial charge is 0.381 e. The molecule has 2 aromatic rings. The molecule has 5 rings (SSSR count). The highest BCUT2D eigenvalue weighted by Crippen LogP contribution is 2.33. The van der Waals surface area contributed by atoms with Gasteiger partial charge in [0.25, 0.3) is 0 Å². The summed E-state index contributed by atoms with van der Waals surface area (Å²) in [5, 5.41) is 12.9. The molecule has 1 amide bonds. The molecule has 8 nitrogen and oxygen atoms in total. The molecule has 2 N–H and O–H groups in total. The zero-order valence-corrected chi connectivity index (χ0v) is 19.4. The molecule has 0 bridgehead atoms. The number of carbonyl (C=O) groups is 1. The van der Waals surface area contributed by atoms with E-state index in [1.165, 1.54) is 5.56 Å². The van der Waals surface area contributed by atoms with E-state index in [2.05, 4.69) is 32.3 Å². The molecule has 33 heavy (non-hydrogen) atoms. The number of aromatic nitrogens is 2. The molecule has 0 unspecified atom stereocenters. The Bertz CT molecular complexity index is 1130. The lowest BCUT2D eigenvalue weighted by molar-refractivity contribution is -0.128. The van der Waals surface area contributed by atoms with E-state index in [9.17, 15) is 4.79 Å². The molecular weight excluding hydrogens is 440 g/mol. The minimum absolute atomic E-state index is 0.0403. The highest BCUT2D eigenvalue weighted by Gasteiger charge is 2.31. The summed E-state index contributed by atoms with van der Waals surface area (Å²) in [5.74, 6) is 0.501. The summed E-state index contributed by atoms with van der Waals surface area (Å²) >= 11 is 5.98. The van der Waals surface area contributed by atoms with Gasteiger partial charge in [0.2, 0.25) is 11.2 Å². The van der Waals surface area contributed by atoms with Gasteiger partial charge in [0.15, 0.2) is 0 Å². The fourth-order valence-electron chi connectivity index (χ4n) is 4.62. The second-order valence-corrected chi connectivity index (χ2v) is 9.02. The summed E-state index contributed by atoms with van der Waals surface area (Å²) in [5.41, 5.74) is 5.94. The van der Waals surface area contributed by atoms with E-state index in [0.717, 1.165) is 54.0 Å². The number of hydrogen-bond acceptors (Lipinski definition) is 6. The van der Waals surface area contributed by atoms with Crippen LogP contribution in [0, 0.1) is 5.41 Å². The van der Waals surface area contributed by atoms with Gasteiger partial charge in [-0.25, -0.2) is 9.97 Å². The Hall–Kier alpha value is -2.97. The maximum atomic E-state index is 12.1. The van der Waals surface area contributed by atoms with Crippen molar-refractivity contribution in [3.8, 4) is 11.3 Å². The van der Waals surface area contributed by atoms with Crippen LogP contribution in [-0.4, -0.2) is 65.5 Å². The normalized spacial score (nSPS) is 18.6. The van der Waals surface area contributed by atoms with Crippen LogP contribution in [0.25, 0.3) is 11.3 Å². The molecule has 0 saturated carbocycles. The molecule has 172 valence electrons. The van der Waals surface area contributed by atoms with E-state index < -0.39 is 0 Å². The Morgan fingerprint density at radius 1 is 1.24 bits per heavy atom. The second kappa shape index (κ2) is 9.11. The molecule has 1 saturated heterocycles. The van der Waals surface area contributed by atoms with Crippen LogP contribution >= 0.6 is 11.6 Å². The van der Waals surface area contributed by atoms with Crippen LogP contribution in [0.5, 0.6) is 0 Å². The number of amides is 1. The molecule has 3 aliphatic heterocycles. The van der Waals surface area contributed by atoms with Crippen molar-refractivity contribution in [3.63, 3.8) is 0 Å². The van der Waals surface area contributed by atoms with Crippen LogP contribution in [0.15, 0.2) is 41.7 Å². The van der Waals surface area contributed by atoms with Gasteiger partial charge >= 0.3 is 0 Å². The van der Waals surface area contributed by atoms with Crippen LogP contribution in [0.2, 0.25) is 5.28 Å². The first-order valence-corrected chi connectivity index (χ1v) is 11.7. The lowest BCUT2D eigenvalue weighted by Crippen LogP contribution is -2.50. The number of nitrogens with one attached hydrogen (secondary N) is 2. The van der Waals surface area contributed by atoms with Crippen molar-refractivity contribution < 1.29 is 9.53 Å². The second-order valence-electron chi connectivity index (χ2n) is 8.68. The monoisotopic (exact) mass is 466 g/mol. The van der Waals surface area contributed by atoms with E-state index in [1.807, 2.05) is 17.0 Å². The van der Waals surface area contributed by atoms with Crippen LogP contribution in [-0.2, 0) is 16.0 Å². The molecular formula is C24H27ClN6O2. The number of benzene rings is 1. The zero-order valence-electron chi connectivity index (χ0n) is 18.6. The van der Waals surface area contributed by atoms with Crippen molar-refractivity contribution in [2.45, 2.75) is 32.2 Å². The van der Waals surface area contributed by atoms with Crippen molar-refractivity contribution in [2.75, 3.05) is 37.7 Å². The Balaban J connectivity index is 1.46. The summed E-state index contributed by atoms with van der Waals surface area (Å²) in [4.78, 5) is 24.3. The molecule has 1 fully saturated rings. The zero-order chi connectivity index (χ0) is 22.9. The fourth-order valence-corrected chi connectivity index (χ4v) is 4.77. The minimum Gasteiger partial charge on any atom is -0.381 e.